The lowest BCUT2D eigenvalue weighted by molar-refractivity contribution is 0.328. The van der Waals surface area contributed by atoms with E-state index in [4.69, 9.17) is 15.1 Å². The fourth-order valence-electron chi connectivity index (χ4n) is 3.15. The Balaban J connectivity index is 2.10. The highest BCUT2D eigenvalue weighted by Crippen LogP contribution is 2.34. The summed E-state index contributed by atoms with van der Waals surface area (Å²) in [5, 5.41) is 17.5. The first kappa shape index (κ1) is 21.8. The zero-order chi connectivity index (χ0) is 21.7. The molecule has 0 aliphatic carbocycles. The van der Waals surface area contributed by atoms with E-state index in [0.29, 0.717) is 30.4 Å². The number of nitrogens with zero attached hydrogens (tertiary/aromatic N) is 2. The molecule has 0 aliphatic heterocycles. The zero-order valence-electron chi connectivity index (χ0n) is 18.2. The van der Waals surface area contributed by atoms with E-state index in [2.05, 4.69) is 47.8 Å². The van der Waals surface area contributed by atoms with Gasteiger partial charge in [0.25, 0.3) is 0 Å². The summed E-state index contributed by atoms with van der Waals surface area (Å²) in [6.45, 7) is 11.2. The van der Waals surface area contributed by atoms with Crippen LogP contribution in [0.1, 0.15) is 43.8 Å². The third-order valence-corrected chi connectivity index (χ3v) is 5.31. The molecule has 30 heavy (non-hydrogen) atoms. The third-order valence-electron chi connectivity index (χ3n) is 4.40. The quantitative estimate of drug-likeness (QED) is 0.383. The molecule has 3 N–H and O–H groups in total. The minimum atomic E-state index is 0.206. The first-order valence-electron chi connectivity index (χ1n) is 10.1. The van der Waals surface area contributed by atoms with Gasteiger partial charge in [0.15, 0.2) is 0 Å². The summed E-state index contributed by atoms with van der Waals surface area (Å²) >= 11 is 1.74. The van der Waals surface area contributed by atoms with Crippen molar-refractivity contribution in [2.45, 2.75) is 47.2 Å². The van der Waals surface area contributed by atoms with E-state index in [0.717, 1.165) is 22.6 Å². The lowest BCUT2D eigenvalue weighted by atomic mass is 10.1. The molecule has 0 saturated heterocycles. The fourth-order valence-corrected chi connectivity index (χ4v) is 3.86. The van der Waals surface area contributed by atoms with Crippen LogP contribution in [0, 0.1) is 12.3 Å². The van der Waals surface area contributed by atoms with Crippen molar-refractivity contribution in [2.75, 3.05) is 17.2 Å². The second kappa shape index (κ2) is 9.71. The summed E-state index contributed by atoms with van der Waals surface area (Å²) in [4.78, 5) is 10.5. The smallest absolute Gasteiger partial charge is 0.222 e. The predicted octanol–water partition coefficient (Wildman–Crippen LogP) is 5.73. The van der Waals surface area contributed by atoms with Crippen molar-refractivity contribution in [1.82, 2.24) is 9.97 Å². The lowest BCUT2D eigenvalue weighted by Crippen LogP contribution is -2.17. The number of rotatable bonds is 9. The monoisotopic (exact) mass is 423 g/mol. The van der Waals surface area contributed by atoms with Gasteiger partial charge in [-0.3, -0.25) is 0 Å². The molecule has 0 atom stereocenters. The summed E-state index contributed by atoms with van der Waals surface area (Å²) < 4.78 is 5.72. The third kappa shape index (κ3) is 5.16. The van der Waals surface area contributed by atoms with Gasteiger partial charge in [0.05, 0.1) is 35.0 Å². The molecule has 0 unspecified atom stereocenters. The Labute approximate surface area is 182 Å². The molecule has 0 spiro atoms. The molecule has 0 aromatic carbocycles. The molecule has 158 valence electrons. The minimum absolute atomic E-state index is 0.206. The Morgan fingerprint density at radius 3 is 2.73 bits per heavy atom. The predicted molar refractivity (Wildman–Crippen MR) is 126 cm³/mol. The van der Waals surface area contributed by atoms with Crippen LogP contribution < -0.4 is 15.4 Å². The summed E-state index contributed by atoms with van der Waals surface area (Å²) in [6.07, 6.45) is 1.71. The highest BCUT2D eigenvalue weighted by atomic mass is 32.1. The Hall–Kier alpha value is -2.93. The zero-order valence-corrected chi connectivity index (χ0v) is 19.0. The molecule has 0 saturated carbocycles. The van der Waals surface area contributed by atoms with Crippen LogP contribution in [0.2, 0.25) is 0 Å². The van der Waals surface area contributed by atoms with Gasteiger partial charge < -0.3 is 20.8 Å². The van der Waals surface area contributed by atoms with Crippen LogP contribution in [0.4, 0.5) is 11.4 Å². The molecule has 0 aliphatic rings. The van der Waals surface area contributed by atoms with Crippen LogP contribution >= 0.6 is 11.3 Å². The molecular weight excluding hydrogens is 394 g/mol. The van der Waals surface area contributed by atoms with Crippen molar-refractivity contribution < 1.29 is 4.74 Å². The van der Waals surface area contributed by atoms with Crippen LogP contribution in [-0.2, 0) is 6.54 Å². The molecule has 0 fully saturated rings. The largest absolute Gasteiger partial charge is 0.477 e. The lowest BCUT2D eigenvalue weighted by Gasteiger charge is -2.21. The van der Waals surface area contributed by atoms with Crippen LogP contribution in [0.5, 0.6) is 5.88 Å². The van der Waals surface area contributed by atoms with Crippen LogP contribution in [-0.4, -0.2) is 28.3 Å². The maximum absolute atomic E-state index is 8.34. The van der Waals surface area contributed by atoms with E-state index in [-0.39, 0.29) is 6.04 Å². The first-order chi connectivity index (χ1) is 14.4. The topological polar surface area (TPSA) is 82.9 Å². The van der Waals surface area contributed by atoms with E-state index in [9.17, 15) is 0 Å². The number of anilines is 2. The van der Waals surface area contributed by atoms with Gasteiger partial charge in [0.2, 0.25) is 5.88 Å². The molecule has 3 aromatic heterocycles. The molecule has 3 aromatic rings. The Morgan fingerprint density at radius 1 is 1.30 bits per heavy atom. The van der Waals surface area contributed by atoms with E-state index in [1.165, 1.54) is 10.4 Å². The van der Waals surface area contributed by atoms with E-state index in [1.807, 2.05) is 25.1 Å². The molecule has 6 nitrogen and oxygen atoms in total. The summed E-state index contributed by atoms with van der Waals surface area (Å²) in [6, 6.07) is 8.22. The van der Waals surface area contributed by atoms with Gasteiger partial charge in [-0.25, -0.2) is 9.97 Å². The number of ether oxygens (including phenoxy) is 1. The van der Waals surface area contributed by atoms with Gasteiger partial charge in [-0.05, 0) is 69.8 Å². The van der Waals surface area contributed by atoms with Crippen LogP contribution in [0.3, 0.4) is 0 Å². The maximum Gasteiger partial charge on any atom is 0.222 e. The fraction of sp³-hybridized carbons (Fsp3) is 0.348. The maximum atomic E-state index is 8.34. The van der Waals surface area contributed by atoms with Crippen molar-refractivity contribution in [2.24, 2.45) is 0 Å². The molecule has 7 heteroatoms. The normalized spacial score (nSPS) is 10.9. The standard InChI is InChI=1S/C23H29N5OS/c1-6-29-23-18(8-7-9-25-23)19-11-20(26-12-17-10-15(4)30-13-17)22(27-14(2)3)21(28-19)16(5)24/h7-11,13-14,24,27H,6,12H2,1-5H3,(H,26,28). The average molecular weight is 424 g/mol. The molecular formula is C23H29N5OS. The molecule has 0 amide bonds. The van der Waals surface area contributed by atoms with E-state index in [1.54, 1.807) is 24.5 Å². The van der Waals surface area contributed by atoms with Crippen LogP contribution in [0.15, 0.2) is 35.8 Å². The SMILES string of the molecule is CCOc1ncccc1-c1cc(NCc2csc(C)c2)c(NC(C)C)c(C(C)=N)n1. The minimum Gasteiger partial charge on any atom is -0.477 e. The summed E-state index contributed by atoms with van der Waals surface area (Å²) in [5.41, 5.74) is 5.54. The molecule has 0 bridgehead atoms. The van der Waals surface area contributed by atoms with Crippen LogP contribution in [0.25, 0.3) is 11.3 Å². The Bertz CT molecular complexity index is 1030. The highest BCUT2D eigenvalue weighted by Gasteiger charge is 2.18. The van der Waals surface area contributed by atoms with E-state index < -0.39 is 0 Å². The van der Waals surface area contributed by atoms with Gasteiger partial charge in [-0.1, -0.05) is 0 Å². The van der Waals surface area contributed by atoms with Gasteiger partial charge in [0, 0.05) is 23.7 Å². The number of thiophene rings is 1. The highest BCUT2D eigenvalue weighted by molar-refractivity contribution is 7.10. The average Bonchev–Trinajstić information content (AvgIpc) is 3.12. The molecule has 3 heterocycles. The number of hydrogen-bond acceptors (Lipinski definition) is 7. The van der Waals surface area contributed by atoms with Crippen molar-refractivity contribution in [3.63, 3.8) is 0 Å². The van der Waals surface area contributed by atoms with Gasteiger partial charge >= 0.3 is 0 Å². The number of hydrogen-bond donors (Lipinski definition) is 3. The summed E-state index contributed by atoms with van der Waals surface area (Å²) in [7, 11) is 0. The molecule has 3 rings (SSSR count). The van der Waals surface area contributed by atoms with Crippen molar-refractivity contribution in [1.29, 1.82) is 5.41 Å². The van der Waals surface area contributed by atoms with Crippen molar-refractivity contribution >= 4 is 28.4 Å². The van der Waals surface area contributed by atoms with Gasteiger partial charge in [0.1, 0.15) is 5.69 Å². The number of pyridine rings is 2. The van der Waals surface area contributed by atoms with Gasteiger partial charge in [-0.15, -0.1) is 11.3 Å². The second-order valence-corrected chi connectivity index (χ2v) is 8.53. The van der Waals surface area contributed by atoms with Crippen molar-refractivity contribution in [3.05, 3.63) is 52.0 Å². The number of aromatic nitrogens is 2. The Kier molecular flexibility index (Phi) is 7.05. The first-order valence-corrected chi connectivity index (χ1v) is 11.0. The Morgan fingerprint density at radius 2 is 2.10 bits per heavy atom. The molecule has 0 radical (unpaired) electrons. The number of nitrogens with one attached hydrogen (secondary N) is 3. The summed E-state index contributed by atoms with van der Waals surface area (Å²) in [5.74, 6) is 0.546. The van der Waals surface area contributed by atoms with Gasteiger partial charge in [-0.2, -0.15) is 0 Å². The second-order valence-electron chi connectivity index (χ2n) is 7.41. The van der Waals surface area contributed by atoms with E-state index >= 15 is 0 Å². The number of aryl methyl sites for hydroxylation is 1. The van der Waals surface area contributed by atoms with Crippen molar-refractivity contribution in [3.8, 4) is 17.1 Å².